The summed E-state index contributed by atoms with van der Waals surface area (Å²) in [5.41, 5.74) is 9.36. The monoisotopic (exact) mass is 577 g/mol. The number of fused-ring (bicyclic) bond motifs is 6. The zero-order valence-corrected chi connectivity index (χ0v) is 24.3. The highest BCUT2D eigenvalue weighted by Gasteiger charge is 2.20. The molecule has 0 spiro atoms. The number of hydrogen-bond acceptors (Lipinski definition) is 3. The second-order valence-electron chi connectivity index (χ2n) is 11.2. The topological polar surface area (TPSA) is 34.2 Å². The summed E-state index contributed by atoms with van der Waals surface area (Å²) in [6.45, 7) is 0. The predicted octanol–water partition coefficient (Wildman–Crippen LogP) is 11.2. The minimum atomic E-state index is 0.628. The standard InChI is InChI=1S/C41H27N3O/c1-4-13-28(14-5-1)41-42-36-25-24-33-34(40(36)45-41)20-12-22-37(33)43(29-15-6-2-7-16-29)31-23-26-39-35(27-31)32-19-10-11-21-38(32)44(39)30-17-8-3-9-18-30/h1-27H. The first-order valence-corrected chi connectivity index (χ1v) is 15.1. The number of anilines is 3. The van der Waals surface area contributed by atoms with Gasteiger partial charge in [0.25, 0.3) is 0 Å². The molecule has 0 atom stereocenters. The first kappa shape index (κ1) is 25.4. The van der Waals surface area contributed by atoms with Gasteiger partial charge in [0.1, 0.15) is 5.52 Å². The van der Waals surface area contributed by atoms with Crippen LogP contribution in [0.3, 0.4) is 0 Å². The molecule has 212 valence electrons. The lowest BCUT2D eigenvalue weighted by atomic mass is 10.0. The normalized spacial score (nSPS) is 11.6. The lowest BCUT2D eigenvalue weighted by Crippen LogP contribution is -2.10. The van der Waals surface area contributed by atoms with E-state index < -0.39 is 0 Å². The SMILES string of the molecule is c1ccc(-c2nc3ccc4c(N(c5ccccc5)c5ccc6c(c5)c5ccccc5n6-c5ccccc5)cccc4c3o2)cc1. The first-order chi connectivity index (χ1) is 22.3. The van der Waals surface area contributed by atoms with Gasteiger partial charge in [-0.25, -0.2) is 4.98 Å². The molecule has 7 aromatic carbocycles. The second kappa shape index (κ2) is 10.2. The third-order valence-corrected chi connectivity index (χ3v) is 8.59. The zero-order valence-electron chi connectivity index (χ0n) is 24.3. The summed E-state index contributed by atoms with van der Waals surface area (Å²) >= 11 is 0. The Labute approximate surface area is 260 Å². The lowest BCUT2D eigenvalue weighted by molar-refractivity contribution is 0.623. The van der Waals surface area contributed by atoms with E-state index in [4.69, 9.17) is 9.40 Å². The molecule has 0 amide bonds. The molecule has 4 nitrogen and oxygen atoms in total. The summed E-state index contributed by atoms with van der Waals surface area (Å²) in [6.07, 6.45) is 0. The van der Waals surface area contributed by atoms with Gasteiger partial charge in [-0.2, -0.15) is 0 Å². The van der Waals surface area contributed by atoms with Crippen LogP contribution in [0, 0.1) is 0 Å². The van der Waals surface area contributed by atoms with Crippen LogP contribution in [-0.4, -0.2) is 9.55 Å². The predicted molar refractivity (Wildman–Crippen MR) is 186 cm³/mol. The van der Waals surface area contributed by atoms with E-state index in [0.29, 0.717) is 5.89 Å². The van der Waals surface area contributed by atoms with Crippen LogP contribution in [-0.2, 0) is 0 Å². The number of para-hydroxylation sites is 3. The minimum Gasteiger partial charge on any atom is -0.435 e. The quantitative estimate of drug-likeness (QED) is 0.204. The van der Waals surface area contributed by atoms with Crippen molar-refractivity contribution in [2.45, 2.75) is 0 Å². The summed E-state index contributed by atoms with van der Waals surface area (Å²) in [5.74, 6) is 0.628. The Morgan fingerprint density at radius 1 is 0.489 bits per heavy atom. The van der Waals surface area contributed by atoms with Crippen molar-refractivity contribution in [3.05, 3.63) is 164 Å². The second-order valence-corrected chi connectivity index (χ2v) is 11.2. The van der Waals surface area contributed by atoms with Gasteiger partial charge in [0, 0.05) is 44.2 Å². The maximum absolute atomic E-state index is 6.43. The third kappa shape index (κ3) is 4.11. The Bertz CT molecular complexity index is 2480. The number of nitrogens with zero attached hydrogens (tertiary/aromatic N) is 3. The largest absolute Gasteiger partial charge is 0.435 e. The van der Waals surface area contributed by atoms with E-state index in [1.807, 2.05) is 30.3 Å². The Kier molecular flexibility index (Phi) is 5.78. The molecular weight excluding hydrogens is 550 g/mol. The molecule has 2 heterocycles. The van der Waals surface area contributed by atoms with E-state index in [1.165, 1.54) is 21.8 Å². The van der Waals surface area contributed by atoms with Crippen LogP contribution >= 0.6 is 0 Å². The molecule has 0 bridgehead atoms. The van der Waals surface area contributed by atoms with Crippen molar-refractivity contribution in [2.75, 3.05) is 4.90 Å². The Hall–Kier alpha value is -6.13. The molecule has 4 heteroatoms. The van der Waals surface area contributed by atoms with Crippen LogP contribution in [0.25, 0.3) is 60.8 Å². The summed E-state index contributed by atoms with van der Waals surface area (Å²) in [7, 11) is 0. The van der Waals surface area contributed by atoms with Crippen molar-refractivity contribution >= 4 is 60.7 Å². The van der Waals surface area contributed by atoms with Crippen LogP contribution in [0.5, 0.6) is 0 Å². The number of hydrogen-bond donors (Lipinski definition) is 0. The molecular formula is C41H27N3O. The highest BCUT2D eigenvalue weighted by Crippen LogP contribution is 2.43. The van der Waals surface area contributed by atoms with Gasteiger partial charge < -0.3 is 13.9 Å². The number of aromatic nitrogens is 2. The molecule has 2 aromatic heterocycles. The van der Waals surface area contributed by atoms with Gasteiger partial charge in [-0.1, -0.05) is 84.9 Å². The molecule has 0 fully saturated rings. The summed E-state index contributed by atoms with van der Waals surface area (Å²) < 4.78 is 8.78. The van der Waals surface area contributed by atoms with Crippen molar-refractivity contribution in [1.82, 2.24) is 9.55 Å². The maximum atomic E-state index is 6.43. The van der Waals surface area contributed by atoms with Gasteiger partial charge >= 0.3 is 0 Å². The Morgan fingerprint density at radius 2 is 1.18 bits per heavy atom. The van der Waals surface area contributed by atoms with Crippen LogP contribution in [0.2, 0.25) is 0 Å². The smallest absolute Gasteiger partial charge is 0.227 e. The highest BCUT2D eigenvalue weighted by molar-refractivity contribution is 6.13. The fraction of sp³-hybridized carbons (Fsp3) is 0. The van der Waals surface area contributed by atoms with Crippen molar-refractivity contribution in [1.29, 1.82) is 0 Å². The average Bonchev–Trinajstić information content (AvgIpc) is 3.70. The summed E-state index contributed by atoms with van der Waals surface area (Å²) in [4.78, 5) is 7.18. The molecule has 9 aromatic rings. The Morgan fingerprint density at radius 3 is 2.00 bits per heavy atom. The van der Waals surface area contributed by atoms with Gasteiger partial charge in [-0.3, -0.25) is 0 Å². The van der Waals surface area contributed by atoms with Crippen molar-refractivity contribution in [3.63, 3.8) is 0 Å². The van der Waals surface area contributed by atoms with Crippen molar-refractivity contribution < 1.29 is 4.42 Å². The molecule has 9 rings (SSSR count). The molecule has 0 aliphatic carbocycles. The van der Waals surface area contributed by atoms with Crippen LogP contribution in [0.4, 0.5) is 17.1 Å². The van der Waals surface area contributed by atoms with Crippen LogP contribution < -0.4 is 4.90 Å². The van der Waals surface area contributed by atoms with Gasteiger partial charge in [-0.05, 0) is 78.9 Å². The fourth-order valence-corrected chi connectivity index (χ4v) is 6.59. The first-order valence-electron chi connectivity index (χ1n) is 15.1. The maximum Gasteiger partial charge on any atom is 0.227 e. The molecule has 0 aliphatic rings. The zero-order chi connectivity index (χ0) is 29.7. The van der Waals surface area contributed by atoms with E-state index in [1.54, 1.807) is 0 Å². The van der Waals surface area contributed by atoms with E-state index in [-0.39, 0.29) is 0 Å². The summed E-state index contributed by atoms with van der Waals surface area (Å²) in [6, 6.07) is 57.3. The van der Waals surface area contributed by atoms with E-state index in [9.17, 15) is 0 Å². The molecule has 0 saturated carbocycles. The lowest BCUT2D eigenvalue weighted by Gasteiger charge is -2.27. The molecule has 0 aliphatic heterocycles. The van der Waals surface area contributed by atoms with Crippen molar-refractivity contribution in [2.24, 2.45) is 0 Å². The highest BCUT2D eigenvalue weighted by atomic mass is 16.3. The third-order valence-electron chi connectivity index (χ3n) is 8.59. The minimum absolute atomic E-state index is 0.628. The van der Waals surface area contributed by atoms with Crippen molar-refractivity contribution in [3.8, 4) is 17.1 Å². The molecule has 0 unspecified atom stereocenters. The fourth-order valence-electron chi connectivity index (χ4n) is 6.59. The summed E-state index contributed by atoms with van der Waals surface area (Å²) in [5, 5.41) is 4.55. The molecule has 0 N–H and O–H groups in total. The van der Waals surface area contributed by atoms with E-state index in [2.05, 4.69) is 143 Å². The number of oxazole rings is 1. The van der Waals surface area contributed by atoms with Gasteiger partial charge in [0.05, 0.1) is 16.7 Å². The Balaban J connectivity index is 1.28. The van der Waals surface area contributed by atoms with Gasteiger partial charge in [0.2, 0.25) is 5.89 Å². The number of benzene rings is 7. The molecule has 0 radical (unpaired) electrons. The van der Waals surface area contributed by atoms with Crippen LogP contribution in [0.1, 0.15) is 0 Å². The van der Waals surface area contributed by atoms with Crippen LogP contribution in [0.15, 0.2) is 168 Å². The average molecular weight is 578 g/mol. The van der Waals surface area contributed by atoms with E-state index >= 15 is 0 Å². The van der Waals surface area contributed by atoms with E-state index in [0.717, 1.165) is 50.2 Å². The van der Waals surface area contributed by atoms with Gasteiger partial charge in [-0.15, -0.1) is 0 Å². The molecule has 0 saturated heterocycles. The number of rotatable bonds is 5. The van der Waals surface area contributed by atoms with Gasteiger partial charge in [0.15, 0.2) is 5.58 Å². The molecule has 45 heavy (non-hydrogen) atoms.